The van der Waals surface area contributed by atoms with Gasteiger partial charge in [-0.15, -0.1) is 0 Å². The van der Waals surface area contributed by atoms with Gasteiger partial charge in [-0.1, -0.05) is 32.9 Å². The lowest BCUT2D eigenvalue weighted by atomic mass is 10.0. The van der Waals surface area contributed by atoms with Gasteiger partial charge in [0.1, 0.15) is 0 Å². The summed E-state index contributed by atoms with van der Waals surface area (Å²) in [6, 6.07) is 8.81. The summed E-state index contributed by atoms with van der Waals surface area (Å²) >= 11 is 0. The van der Waals surface area contributed by atoms with Crippen molar-refractivity contribution in [2.45, 2.75) is 52.1 Å². The first-order valence-corrected chi connectivity index (χ1v) is 7.82. The van der Waals surface area contributed by atoms with E-state index in [1.54, 1.807) is 0 Å². The molecule has 1 aliphatic rings. The summed E-state index contributed by atoms with van der Waals surface area (Å²) < 4.78 is 0. The molecule has 2 atom stereocenters. The molecule has 1 heterocycles. The lowest BCUT2D eigenvalue weighted by molar-refractivity contribution is 0.0576. The van der Waals surface area contributed by atoms with Gasteiger partial charge in [0.2, 0.25) is 0 Å². The maximum Gasteiger partial charge on any atom is 0.254 e. The fourth-order valence-corrected chi connectivity index (χ4v) is 2.80. The molecule has 1 saturated heterocycles. The molecule has 110 valence electrons. The Labute approximate surface area is 122 Å². The molecule has 1 aliphatic heterocycles. The van der Waals surface area contributed by atoms with E-state index >= 15 is 0 Å². The number of aryl methyl sites for hydroxylation is 1. The van der Waals surface area contributed by atoms with E-state index in [0.29, 0.717) is 12.1 Å². The largest absolute Gasteiger partial charge is 0.333 e. The minimum absolute atomic E-state index is 0.180. The van der Waals surface area contributed by atoms with Gasteiger partial charge in [0.15, 0.2) is 0 Å². The van der Waals surface area contributed by atoms with Gasteiger partial charge in [-0.2, -0.15) is 0 Å². The zero-order valence-electron chi connectivity index (χ0n) is 12.9. The van der Waals surface area contributed by atoms with Gasteiger partial charge >= 0.3 is 0 Å². The quantitative estimate of drug-likeness (QED) is 0.915. The number of carbonyl (C=O) groups excluding carboxylic acids is 1. The lowest BCUT2D eigenvalue weighted by Gasteiger charge is -2.40. The first-order chi connectivity index (χ1) is 9.69. The molecule has 1 fully saturated rings. The zero-order valence-corrected chi connectivity index (χ0v) is 12.9. The van der Waals surface area contributed by atoms with Crippen molar-refractivity contribution in [3.63, 3.8) is 0 Å². The van der Waals surface area contributed by atoms with Crippen molar-refractivity contribution in [1.29, 1.82) is 0 Å². The van der Waals surface area contributed by atoms with Gasteiger partial charge in [0.25, 0.3) is 5.91 Å². The molecule has 3 nitrogen and oxygen atoms in total. The molecule has 1 N–H and O–H groups in total. The normalized spacial score (nSPS) is 22.9. The summed E-state index contributed by atoms with van der Waals surface area (Å²) in [5, 5.41) is 3.53. The summed E-state index contributed by atoms with van der Waals surface area (Å²) in [5.74, 6) is 0.180. The van der Waals surface area contributed by atoms with E-state index < -0.39 is 0 Å². The van der Waals surface area contributed by atoms with Crippen LogP contribution < -0.4 is 5.32 Å². The second-order valence-corrected chi connectivity index (χ2v) is 5.58. The number of rotatable bonds is 4. The maximum atomic E-state index is 12.7. The molecule has 0 aliphatic carbocycles. The van der Waals surface area contributed by atoms with Crippen LogP contribution in [0.4, 0.5) is 0 Å². The number of carbonyl (C=O) groups is 1. The molecule has 3 heteroatoms. The molecule has 0 saturated carbocycles. The molecule has 0 spiro atoms. The zero-order chi connectivity index (χ0) is 14.5. The highest BCUT2D eigenvalue weighted by molar-refractivity contribution is 5.94. The number of hydrogen-bond donors (Lipinski definition) is 1. The van der Waals surface area contributed by atoms with Crippen LogP contribution >= 0.6 is 0 Å². The van der Waals surface area contributed by atoms with Crippen LogP contribution in [0.25, 0.3) is 0 Å². The molecule has 1 aromatic carbocycles. The van der Waals surface area contributed by atoms with Gasteiger partial charge in [-0.25, -0.2) is 0 Å². The molecule has 0 bridgehead atoms. The Morgan fingerprint density at radius 2 is 1.90 bits per heavy atom. The summed E-state index contributed by atoms with van der Waals surface area (Å²) in [6.07, 6.45) is 3.08. The van der Waals surface area contributed by atoms with Crippen LogP contribution in [0.3, 0.4) is 0 Å². The van der Waals surface area contributed by atoms with E-state index in [9.17, 15) is 4.79 Å². The molecule has 1 amide bonds. The van der Waals surface area contributed by atoms with Crippen LogP contribution in [0.2, 0.25) is 0 Å². The van der Waals surface area contributed by atoms with Crippen molar-refractivity contribution < 1.29 is 4.79 Å². The minimum Gasteiger partial charge on any atom is -0.333 e. The first-order valence-electron chi connectivity index (χ1n) is 7.82. The fourth-order valence-electron chi connectivity index (χ4n) is 2.80. The number of hydrogen-bond acceptors (Lipinski definition) is 2. The van der Waals surface area contributed by atoms with Crippen molar-refractivity contribution in [3.05, 3.63) is 35.4 Å². The van der Waals surface area contributed by atoms with Gasteiger partial charge in [0, 0.05) is 30.7 Å². The Kier molecular flexibility index (Phi) is 5.18. The van der Waals surface area contributed by atoms with Crippen molar-refractivity contribution >= 4 is 5.91 Å². The summed E-state index contributed by atoms with van der Waals surface area (Å²) in [7, 11) is 0. The third-order valence-electron chi connectivity index (χ3n) is 4.33. The average molecular weight is 274 g/mol. The highest BCUT2D eigenvalue weighted by Crippen LogP contribution is 2.16. The Morgan fingerprint density at radius 1 is 1.20 bits per heavy atom. The summed E-state index contributed by atoms with van der Waals surface area (Å²) in [6.45, 7) is 8.19. The van der Waals surface area contributed by atoms with Gasteiger partial charge in [0.05, 0.1) is 0 Å². The Hall–Kier alpha value is -1.35. The number of benzene rings is 1. The molecular weight excluding hydrogens is 248 g/mol. The highest BCUT2D eigenvalue weighted by Gasteiger charge is 2.29. The van der Waals surface area contributed by atoms with E-state index in [-0.39, 0.29) is 5.91 Å². The van der Waals surface area contributed by atoms with Crippen molar-refractivity contribution in [2.24, 2.45) is 0 Å². The van der Waals surface area contributed by atoms with Gasteiger partial charge in [-0.3, -0.25) is 4.79 Å². The monoisotopic (exact) mass is 274 g/mol. The topological polar surface area (TPSA) is 32.3 Å². The van der Waals surface area contributed by atoms with E-state index in [4.69, 9.17) is 0 Å². The second-order valence-electron chi connectivity index (χ2n) is 5.58. The fraction of sp³-hybridized carbons (Fsp3) is 0.588. The first kappa shape index (κ1) is 15.0. The van der Waals surface area contributed by atoms with Crippen LogP contribution in [0.5, 0.6) is 0 Å². The summed E-state index contributed by atoms with van der Waals surface area (Å²) in [4.78, 5) is 14.8. The van der Waals surface area contributed by atoms with Crippen LogP contribution in [-0.4, -0.2) is 36.0 Å². The number of nitrogens with one attached hydrogen (secondary N) is 1. The minimum atomic E-state index is 0.180. The standard InChI is InChI=1S/C17H26N2O/c1-4-13-7-9-14(10-8-13)17(20)19-12-15(5-2)18-11-16(19)6-3/h7-10,15-16,18H,4-6,11-12H2,1-3H3. The number of nitrogens with zero attached hydrogens (tertiary/aromatic N) is 1. The number of piperazine rings is 1. The third kappa shape index (κ3) is 3.21. The van der Waals surface area contributed by atoms with Gasteiger partial charge < -0.3 is 10.2 Å². The Morgan fingerprint density at radius 3 is 2.45 bits per heavy atom. The van der Waals surface area contributed by atoms with E-state index in [1.165, 1.54) is 5.56 Å². The SMILES string of the molecule is CCc1ccc(C(=O)N2CC(CC)NCC2CC)cc1. The second kappa shape index (κ2) is 6.89. The molecule has 0 radical (unpaired) electrons. The van der Waals surface area contributed by atoms with E-state index in [1.807, 2.05) is 12.1 Å². The maximum absolute atomic E-state index is 12.7. The predicted molar refractivity (Wildman–Crippen MR) is 83.0 cm³/mol. The van der Waals surface area contributed by atoms with E-state index in [2.05, 4.69) is 43.1 Å². The van der Waals surface area contributed by atoms with Crippen molar-refractivity contribution in [2.75, 3.05) is 13.1 Å². The van der Waals surface area contributed by atoms with Crippen LogP contribution in [0, 0.1) is 0 Å². The predicted octanol–water partition coefficient (Wildman–Crippen LogP) is 2.85. The van der Waals surface area contributed by atoms with Crippen LogP contribution in [-0.2, 0) is 6.42 Å². The third-order valence-corrected chi connectivity index (χ3v) is 4.33. The van der Waals surface area contributed by atoms with Crippen LogP contribution in [0.15, 0.2) is 24.3 Å². The average Bonchev–Trinajstić information content (AvgIpc) is 2.53. The van der Waals surface area contributed by atoms with Crippen molar-refractivity contribution in [3.8, 4) is 0 Å². The van der Waals surface area contributed by atoms with Crippen molar-refractivity contribution in [1.82, 2.24) is 10.2 Å². The molecule has 2 unspecified atom stereocenters. The van der Waals surface area contributed by atoms with E-state index in [0.717, 1.165) is 37.9 Å². The molecular formula is C17H26N2O. The Bertz CT molecular complexity index is 441. The lowest BCUT2D eigenvalue weighted by Crippen LogP contribution is -2.57. The molecule has 2 rings (SSSR count). The molecule has 0 aromatic heterocycles. The molecule has 20 heavy (non-hydrogen) atoms. The van der Waals surface area contributed by atoms with Crippen LogP contribution in [0.1, 0.15) is 49.5 Å². The number of amides is 1. The smallest absolute Gasteiger partial charge is 0.254 e. The highest BCUT2D eigenvalue weighted by atomic mass is 16.2. The van der Waals surface area contributed by atoms with Gasteiger partial charge in [-0.05, 0) is 37.0 Å². The summed E-state index contributed by atoms with van der Waals surface area (Å²) in [5.41, 5.74) is 2.10. The Balaban J connectivity index is 2.15. The molecule has 1 aromatic rings.